The van der Waals surface area contributed by atoms with E-state index in [4.69, 9.17) is 4.74 Å². The Hall–Kier alpha value is -2.10. The largest absolute Gasteiger partial charge is 0.497 e. The van der Waals surface area contributed by atoms with E-state index in [0.29, 0.717) is 12.1 Å². The molecule has 1 aromatic heterocycles. The Bertz CT molecular complexity index is 552. The summed E-state index contributed by atoms with van der Waals surface area (Å²) in [6.07, 6.45) is 1.58. The number of rotatable bonds is 3. The minimum absolute atomic E-state index is 0.107. The van der Waals surface area contributed by atoms with Crippen LogP contribution in [-0.2, 0) is 0 Å². The van der Waals surface area contributed by atoms with Crippen molar-refractivity contribution in [2.45, 2.75) is 6.92 Å². The summed E-state index contributed by atoms with van der Waals surface area (Å²) in [5.74, 6) is 0.650. The molecule has 2 aromatic rings. The van der Waals surface area contributed by atoms with Crippen molar-refractivity contribution in [3.63, 3.8) is 0 Å². The summed E-state index contributed by atoms with van der Waals surface area (Å²) in [6.45, 7) is 2.49. The van der Waals surface area contributed by atoms with Gasteiger partial charge in [0, 0.05) is 18.1 Å². The molecule has 0 aliphatic carbocycles. The summed E-state index contributed by atoms with van der Waals surface area (Å²) in [4.78, 5) is 15.9. The van der Waals surface area contributed by atoms with E-state index in [2.05, 4.69) is 10.3 Å². The van der Waals surface area contributed by atoms with Crippen molar-refractivity contribution in [3.8, 4) is 5.75 Å². The van der Waals surface area contributed by atoms with Crippen molar-refractivity contribution in [2.24, 2.45) is 0 Å². The van der Waals surface area contributed by atoms with Crippen LogP contribution in [0.2, 0.25) is 0 Å². The van der Waals surface area contributed by atoms with Gasteiger partial charge in [-0.3, -0.25) is 9.78 Å². The van der Waals surface area contributed by atoms with Crippen LogP contribution in [0, 0.1) is 0 Å². The Labute approximate surface area is 99.6 Å². The van der Waals surface area contributed by atoms with Gasteiger partial charge in [0.15, 0.2) is 0 Å². The summed E-state index contributed by atoms with van der Waals surface area (Å²) in [5, 5.41) is 3.64. The van der Waals surface area contributed by atoms with Crippen LogP contribution < -0.4 is 10.1 Å². The van der Waals surface area contributed by atoms with Crippen LogP contribution in [0.3, 0.4) is 0 Å². The third-order valence-electron chi connectivity index (χ3n) is 2.49. The summed E-state index contributed by atoms with van der Waals surface area (Å²) >= 11 is 0. The van der Waals surface area contributed by atoms with Crippen LogP contribution in [0.1, 0.15) is 17.3 Å². The average Bonchev–Trinajstić information content (AvgIpc) is 2.37. The molecule has 0 saturated heterocycles. The van der Waals surface area contributed by atoms with Gasteiger partial charge in [-0.15, -0.1) is 0 Å². The molecule has 0 saturated carbocycles. The Balaban J connectivity index is 2.44. The molecular weight excluding hydrogens is 216 g/mol. The van der Waals surface area contributed by atoms with Crippen molar-refractivity contribution >= 4 is 16.8 Å². The zero-order chi connectivity index (χ0) is 12.3. The number of benzene rings is 1. The normalized spacial score (nSPS) is 10.2. The molecule has 1 amide bonds. The number of methoxy groups -OCH3 is 1. The molecule has 0 atom stereocenters. The first-order valence-corrected chi connectivity index (χ1v) is 5.46. The van der Waals surface area contributed by atoms with Gasteiger partial charge in [-0.25, -0.2) is 0 Å². The lowest BCUT2D eigenvalue weighted by molar-refractivity contribution is 0.0955. The number of hydrogen-bond acceptors (Lipinski definition) is 3. The predicted molar refractivity (Wildman–Crippen MR) is 66.3 cm³/mol. The van der Waals surface area contributed by atoms with E-state index >= 15 is 0 Å². The monoisotopic (exact) mass is 230 g/mol. The molecule has 0 spiro atoms. The topological polar surface area (TPSA) is 51.2 Å². The molecule has 1 heterocycles. The number of carbonyl (C=O) groups excluding carboxylic acids is 1. The fourth-order valence-electron chi connectivity index (χ4n) is 1.62. The summed E-state index contributed by atoms with van der Waals surface area (Å²) in [5.41, 5.74) is 1.41. The van der Waals surface area contributed by atoms with Gasteiger partial charge in [-0.05, 0) is 31.2 Å². The minimum Gasteiger partial charge on any atom is -0.497 e. The predicted octanol–water partition coefficient (Wildman–Crippen LogP) is 1.99. The van der Waals surface area contributed by atoms with E-state index in [9.17, 15) is 4.79 Å². The zero-order valence-electron chi connectivity index (χ0n) is 9.86. The second kappa shape index (κ2) is 4.82. The number of ether oxygens (including phenoxy) is 1. The maximum absolute atomic E-state index is 11.7. The van der Waals surface area contributed by atoms with Gasteiger partial charge in [-0.1, -0.05) is 0 Å². The molecule has 0 aliphatic heterocycles. The summed E-state index contributed by atoms with van der Waals surface area (Å²) in [7, 11) is 1.61. The standard InChI is InChI=1S/C13H14N2O2/c1-3-14-13(16)10-6-9-7-11(17-2)4-5-12(9)15-8-10/h4-8H,3H2,1-2H3,(H,14,16). The molecule has 4 heteroatoms. The Morgan fingerprint density at radius 3 is 2.94 bits per heavy atom. The third-order valence-corrected chi connectivity index (χ3v) is 2.49. The smallest absolute Gasteiger partial charge is 0.252 e. The summed E-state index contributed by atoms with van der Waals surface area (Å²) < 4.78 is 5.14. The Kier molecular flexibility index (Phi) is 3.23. The zero-order valence-corrected chi connectivity index (χ0v) is 9.86. The molecule has 1 N–H and O–H groups in total. The van der Waals surface area contributed by atoms with Crippen molar-refractivity contribution in [1.29, 1.82) is 0 Å². The van der Waals surface area contributed by atoms with Crippen molar-refractivity contribution < 1.29 is 9.53 Å². The third kappa shape index (κ3) is 2.36. The number of fused-ring (bicyclic) bond motifs is 1. The average molecular weight is 230 g/mol. The maximum Gasteiger partial charge on any atom is 0.252 e. The number of pyridine rings is 1. The Morgan fingerprint density at radius 1 is 1.41 bits per heavy atom. The molecule has 4 nitrogen and oxygen atoms in total. The summed E-state index contributed by atoms with van der Waals surface area (Å²) in [6, 6.07) is 7.40. The van der Waals surface area contributed by atoms with Gasteiger partial charge in [0.2, 0.25) is 0 Å². The van der Waals surface area contributed by atoms with Gasteiger partial charge in [-0.2, -0.15) is 0 Å². The number of aromatic nitrogens is 1. The van der Waals surface area contributed by atoms with Gasteiger partial charge in [0.25, 0.3) is 5.91 Å². The fraction of sp³-hybridized carbons (Fsp3) is 0.231. The van der Waals surface area contributed by atoms with Gasteiger partial charge in [0.05, 0.1) is 18.2 Å². The molecule has 2 rings (SSSR count). The quantitative estimate of drug-likeness (QED) is 0.877. The van der Waals surface area contributed by atoms with Crippen molar-refractivity contribution in [1.82, 2.24) is 10.3 Å². The van der Waals surface area contributed by atoms with Crippen molar-refractivity contribution in [3.05, 3.63) is 36.0 Å². The van der Waals surface area contributed by atoms with E-state index < -0.39 is 0 Å². The van der Waals surface area contributed by atoms with Crippen LogP contribution >= 0.6 is 0 Å². The fourth-order valence-corrected chi connectivity index (χ4v) is 1.62. The van der Waals surface area contributed by atoms with E-state index in [-0.39, 0.29) is 5.91 Å². The molecule has 0 unspecified atom stereocenters. The van der Waals surface area contributed by atoms with Crippen LogP contribution in [0.25, 0.3) is 10.9 Å². The lowest BCUT2D eigenvalue weighted by atomic mass is 10.1. The SMILES string of the molecule is CCNC(=O)c1cnc2ccc(OC)cc2c1. The molecule has 17 heavy (non-hydrogen) atoms. The van der Waals surface area contributed by atoms with Gasteiger partial charge < -0.3 is 10.1 Å². The number of nitrogens with one attached hydrogen (secondary N) is 1. The number of nitrogens with zero attached hydrogens (tertiary/aromatic N) is 1. The van der Waals surface area contributed by atoms with E-state index in [0.717, 1.165) is 16.7 Å². The highest BCUT2D eigenvalue weighted by Gasteiger charge is 2.06. The molecule has 1 aromatic carbocycles. The van der Waals surface area contributed by atoms with Crippen LogP contribution in [0.5, 0.6) is 5.75 Å². The molecule has 0 fully saturated rings. The lowest BCUT2D eigenvalue weighted by Crippen LogP contribution is -2.22. The van der Waals surface area contributed by atoms with E-state index in [1.165, 1.54) is 0 Å². The highest BCUT2D eigenvalue weighted by atomic mass is 16.5. The first kappa shape index (κ1) is 11.4. The number of hydrogen-bond donors (Lipinski definition) is 1. The van der Waals surface area contributed by atoms with Crippen LogP contribution in [0.4, 0.5) is 0 Å². The Morgan fingerprint density at radius 2 is 2.24 bits per heavy atom. The molecule has 88 valence electrons. The molecule has 0 radical (unpaired) electrons. The van der Waals surface area contributed by atoms with Crippen molar-refractivity contribution in [2.75, 3.05) is 13.7 Å². The van der Waals surface area contributed by atoms with Crippen LogP contribution in [0.15, 0.2) is 30.5 Å². The minimum atomic E-state index is -0.107. The second-order valence-electron chi connectivity index (χ2n) is 3.64. The molecule has 0 bridgehead atoms. The van der Waals surface area contributed by atoms with E-state index in [1.54, 1.807) is 13.3 Å². The van der Waals surface area contributed by atoms with Gasteiger partial charge >= 0.3 is 0 Å². The maximum atomic E-state index is 11.7. The highest BCUT2D eigenvalue weighted by molar-refractivity contribution is 5.97. The van der Waals surface area contributed by atoms with Gasteiger partial charge in [0.1, 0.15) is 5.75 Å². The lowest BCUT2D eigenvalue weighted by Gasteiger charge is -2.05. The second-order valence-corrected chi connectivity index (χ2v) is 3.64. The number of carbonyl (C=O) groups is 1. The van der Waals surface area contributed by atoms with E-state index in [1.807, 2.05) is 31.2 Å². The number of amides is 1. The molecule has 0 aliphatic rings. The first-order valence-electron chi connectivity index (χ1n) is 5.46. The van der Waals surface area contributed by atoms with Crippen LogP contribution in [-0.4, -0.2) is 24.5 Å². The molecular formula is C13H14N2O2. The first-order chi connectivity index (χ1) is 8.24. The highest BCUT2D eigenvalue weighted by Crippen LogP contribution is 2.19.